The number of amides is 2. The number of nitrogens with one attached hydrogen (secondary N) is 1. The van der Waals surface area contributed by atoms with Crippen LogP contribution in [0.3, 0.4) is 0 Å². The summed E-state index contributed by atoms with van der Waals surface area (Å²) in [5.74, 6) is -0.398. The van der Waals surface area contributed by atoms with Crippen molar-refractivity contribution in [2.45, 2.75) is 19.0 Å². The van der Waals surface area contributed by atoms with Gasteiger partial charge in [0, 0.05) is 17.0 Å². The van der Waals surface area contributed by atoms with E-state index in [1.165, 1.54) is 5.01 Å². The van der Waals surface area contributed by atoms with E-state index in [1.54, 1.807) is 16.9 Å². The van der Waals surface area contributed by atoms with Gasteiger partial charge in [0.1, 0.15) is 17.6 Å². The van der Waals surface area contributed by atoms with Crippen molar-refractivity contribution in [1.29, 1.82) is 0 Å². The van der Waals surface area contributed by atoms with E-state index in [0.29, 0.717) is 18.1 Å². The summed E-state index contributed by atoms with van der Waals surface area (Å²) in [5.41, 5.74) is 7.50. The second-order valence-electron chi connectivity index (χ2n) is 6.77. The van der Waals surface area contributed by atoms with Crippen LogP contribution in [0.25, 0.3) is 0 Å². The quantitative estimate of drug-likeness (QED) is 0.582. The Morgan fingerprint density at radius 3 is 2.57 bits per heavy atom. The summed E-state index contributed by atoms with van der Waals surface area (Å²) in [4.78, 5) is 24.8. The Labute approximate surface area is 181 Å². The monoisotopic (exact) mass is 466 g/mol. The van der Waals surface area contributed by atoms with Crippen molar-refractivity contribution in [2.24, 2.45) is 10.8 Å². The van der Waals surface area contributed by atoms with Crippen molar-refractivity contribution >= 4 is 45.0 Å². The molecule has 1 atom stereocenters. The standard InChI is InChI=1S/C21H19BrN6O2/c22-16-9-5-4-6-14(16)13-27-19(10-11-24-27)25-21(30)17-12-18(20(23)29)28(26-17)15-7-2-1-3-8-15/h1-11,18H,12-13H2,(H2,23,29)(H,25,30). The molecule has 2 amide bonds. The van der Waals surface area contributed by atoms with Gasteiger partial charge in [-0.2, -0.15) is 10.2 Å². The van der Waals surface area contributed by atoms with Gasteiger partial charge in [0.2, 0.25) is 5.91 Å². The molecule has 0 radical (unpaired) electrons. The van der Waals surface area contributed by atoms with Crippen LogP contribution in [0.1, 0.15) is 12.0 Å². The van der Waals surface area contributed by atoms with E-state index in [9.17, 15) is 9.59 Å². The van der Waals surface area contributed by atoms with Crippen molar-refractivity contribution < 1.29 is 9.59 Å². The molecular formula is C21H19BrN6O2. The number of para-hydroxylation sites is 1. The number of primary amides is 1. The van der Waals surface area contributed by atoms with E-state index in [1.807, 2.05) is 54.6 Å². The first-order valence-corrected chi connectivity index (χ1v) is 10.1. The van der Waals surface area contributed by atoms with Crippen LogP contribution in [0, 0.1) is 0 Å². The third-order valence-corrected chi connectivity index (χ3v) is 5.53. The van der Waals surface area contributed by atoms with Crippen LogP contribution in [0.2, 0.25) is 0 Å². The van der Waals surface area contributed by atoms with E-state index in [2.05, 4.69) is 31.4 Å². The summed E-state index contributed by atoms with van der Waals surface area (Å²) in [6.45, 7) is 0.483. The molecule has 0 bridgehead atoms. The maximum absolute atomic E-state index is 12.9. The summed E-state index contributed by atoms with van der Waals surface area (Å²) in [6, 6.07) is 18.0. The fourth-order valence-electron chi connectivity index (χ4n) is 3.23. The molecule has 30 heavy (non-hydrogen) atoms. The predicted molar refractivity (Wildman–Crippen MR) is 118 cm³/mol. The van der Waals surface area contributed by atoms with Gasteiger partial charge < -0.3 is 11.1 Å². The minimum atomic E-state index is -0.710. The van der Waals surface area contributed by atoms with Crippen LogP contribution in [0.5, 0.6) is 0 Å². The van der Waals surface area contributed by atoms with Crippen LogP contribution >= 0.6 is 15.9 Å². The van der Waals surface area contributed by atoms with Gasteiger partial charge in [0.15, 0.2) is 0 Å². The summed E-state index contributed by atoms with van der Waals surface area (Å²) < 4.78 is 2.65. The van der Waals surface area contributed by atoms with Gasteiger partial charge in [-0.05, 0) is 23.8 Å². The summed E-state index contributed by atoms with van der Waals surface area (Å²) in [7, 11) is 0. The number of nitrogens with zero attached hydrogens (tertiary/aromatic N) is 4. The molecule has 1 unspecified atom stereocenters. The normalized spacial score (nSPS) is 15.7. The number of carbonyl (C=O) groups excluding carboxylic acids is 2. The van der Waals surface area contributed by atoms with E-state index in [-0.39, 0.29) is 12.1 Å². The van der Waals surface area contributed by atoms with Crippen molar-refractivity contribution in [3.63, 3.8) is 0 Å². The Morgan fingerprint density at radius 1 is 1.10 bits per heavy atom. The predicted octanol–water partition coefficient (Wildman–Crippen LogP) is 2.75. The lowest BCUT2D eigenvalue weighted by molar-refractivity contribution is -0.119. The van der Waals surface area contributed by atoms with E-state index < -0.39 is 17.9 Å². The molecule has 0 saturated carbocycles. The van der Waals surface area contributed by atoms with Gasteiger partial charge >= 0.3 is 0 Å². The molecule has 0 spiro atoms. The highest BCUT2D eigenvalue weighted by Crippen LogP contribution is 2.25. The Morgan fingerprint density at radius 2 is 1.83 bits per heavy atom. The van der Waals surface area contributed by atoms with Crippen LogP contribution in [-0.4, -0.2) is 33.3 Å². The highest BCUT2D eigenvalue weighted by atomic mass is 79.9. The molecule has 2 heterocycles. The number of carbonyl (C=O) groups is 2. The molecule has 3 aromatic rings. The highest BCUT2D eigenvalue weighted by Gasteiger charge is 2.35. The molecule has 9 heteroatoms. The van der Waals surface area contributed by atoms with E-state index >= 15 is 0 Å². The first kappa shape index (κ1) is 19.8. The first-order chi connectivity index (χ1) is 14.5. The van der Waals surface area contributed by atoms with Crippen LogP contribution in [0.4, 0.5) is 11.5 Å². The lowest BCUT2D eigenvalue weighted by Crippen LogP contribution is -2.39. The number of anilines is 2. The minimum absolute atomic E-state index is 0.133. The van der Waals surface area contributed by atoms with Crippen LogP contribution in [-0.2, 0) is 16.1 Å². The molecule has 0 fully saturated rings. The van der Waals surface area contributed by atoms with Crippen LogP contribution < -0.4 is 16.1 Å². The number of hydrogen-bond acceptors (Lipinski definition) is 5. The maximum atomic E-state index is 12.9. The van der Waals surface area contributed by atoms with Crippen LogP contribution in [0.15, 0.2) is 76.4 Å². The summed E-state index contributed by atoms with van der Waals surface area (Å²) >= 11 is 3.52. The topological polar surface area (TPSA) is 106 Å². The van der Waals surface area contributed by atoms with Crippen molar-refractivity contribution in [1.82, 2.24) is 9.78 Å². The minimum Gasteiger partial charge on any atom is -0.368 e. The van der Waals surface area contributed by atoms with Crippen molar-refractivity contribution in [3.8, 4) is 0 Å². The Hall–Kier alpha value is -3.46. The van der Waals surface area contributed by atoms with Gasteiger partial charge in [-0.1, -0.05) is 52.3 Å². The zero-order valence-corrected chi connectivity index (χ0v) is 17.5. The molecule has 0 aliphatic carbocycles. The lowest BCUT2D eigenvalue weighted by atomic mass is 10.1. The van der Waals surface area contributed by atoms with Gasteiger partial charge in [-0.25, -0.2) is 4.68 Å². The number of hydrazone groups is 1. The third-order valence-electron chi connectivity index (χ3n) is 4.76. The van der Waals surface area contributed by atoms with E-state index in [4.69, 9.17) is 5.73 Å². The number of nitrogens with two attached hydrogens (primary N) is 1. The second kappa shape index (κ2) is 8.50. The smallest absolute Gasteiger partial charge is 0.273 e. The molecule has 3 N–H and O–H groups in total. The maximum Gasteiger partial charge on any atom is 0.273 e. The average Bonchev–Trinajstić information content (AvgIpc) is 3.38. The Balaban J connectivity index is 1.53. The Kier molecular flexibility index (Phi) is 5.62. The molecule has 4 rings (SSSR count). The van der Waals surface area contributed by atoms with Gasteiger partial charge in [0.25, 0.3) is 5.91 Å². The highest BCUT2D eigenvalue weighted by molar-refractivity contribution is 9.10. The molecule has 0 saturated heterocycles. The fourth-order valence-corrected chi connectivity index (χ4v) is 3.64. The first-order valence-electron chi connectivity index (χ1n) is 9.30. The van der Waals surface area contributed by atoms with Gasteiger partial charge in [-0.15, -0.1) is 0 Å². The molecule has 8 nitrogen and oxygen atoms in total. The molecule has 1 aliphatic heterocycles. The summed E-state index contributed by atoms with van der Waals surface area (Å²) in [5, 5.41) is 13.0. The number of benzene rings is 2. The molecule has 152 valence electrons. The summed E-state index contributed by atoms with van der Waals surface area (Å²) in [6.07, 6.45) is 1.75. The lowest BCUT2D eigenvalue weighted by Gasteiger charge is -2.20. The fraction of sp³-hybridized carbons (Fsp3) is 0.143. The molecule has 1 aliphatic rings. The number of aromatic nitrogens is 2. The number of rotatable bonds is 6. The largest absolute Gasteiger partial charge is 0.368 e. The van der Waals surface area contributed by atoms with Gasteiger partial charge in [0.05, 0.1) is 18.4 Å². The average molecular weight is 467 g/mol. The molecule has 1 aromatic heterocycles. The number of halogens is 1. The second-order valence-corrected chi connectivity index (χ2v) is 7.62. The number of hydrogen-bond donors (Lipinski definition) is 2. The van der Waals surface area contributed by atoms with Crippen molar-refractivity contribution in [2.75, 3.05) is 10.3 Å². The molecule has 2 aromatic carbocycles. The SMILES string of the molecule is NC(=O)C1CC(C(=O)Nc2ccnn2Cc2ccccc2Br)=NN1c1ccccc1. The zero-order chi connectivity index (χ0) is 21.1. The molecular weight excluding hydrogens is 448 g/mol. The van der Waals surface area contributed by atoms with Gasteiger partial charge in [-0.3, -0.25) is 14.6 Å². The van der Waals surface area contributed by atoms with Crippen molar-refractivity contribution in [3.05, 3.63) is 76.9 Å². The third kappa shape index (κ3) is 4.11. The van der Waals surface area contributed by atoms with E-state index in [0.717, 1.165) is 10.0 Å². The Bertz CT molecular complexity index is 1110. The zero-order valence-electron chi connectivity index (χ0n) is 15.9.